The lowest BCUT2D eigenvalue weighted by atomic mass is 10.1. The molecule has 4 heterocycles. The van der Waals surface area contributed by atoms with Gasteiger partial charge in [0.2, 0.25) is 11.7 Å². The predicted octanol–water partition coefficient (Wildman–Crippen LogP) is 1.97. The van der Waals surface area contributed by atoms with Crippen molar-refractivity contribution in [2.45, 2.75) is 31.4 Å². The van der Waals surface area contributed by atoms with E-state index < -0.39 is 15.6 Å². The van der Waals surface area contributed by atoms with Crippen LogP contribution in [0, 0.1) is 6.92 Å². The summed E-state index contributed by atoms with van der Waals surface area (Å²) in [4.78, 5) is 36.0. The quantitative estimate of drug-likeness (QED) is 0.606. The van der Waals surface area contributed by atoms with E-state index in [1.54, 1.807) is 28.5 Å². The van der Waals surface area contributed by atoms with Crippen LogP contribution < -0.4 is 0 Å². The molecule has 0 aromatic carbocycles. The van der Waals surface area contributed by atoms with Gasteiger partial charge in [-0.3, -0.25) is 9.59 Å². The second kappa shape index (κ2) is 8.23. The Labute approximate surface area is 178 Å². The highest BCUT2D eigenvalue weighted by atomic mass is 32.2. The number of aromatic nitrogens is 4. The van der Waals surface area contributed by atoms with Crippen LogP contribution in [0.25, 0.3) is 5.78 Å². The van der Waals surface area contributed by atoms with E-state index in [4.69, 9.17) is 0 Å². The molecule has 30 heavy (non-hydrogen) atoms. The molecule has 1 unspecified atom stereocenters. The molecule has 9 nitrogen and oxygen atoms in total. The molecule has 1 atom stereocenters. The minimum atomic E-state index is -2.80. The smallest absolute Gasteiger partial charge is 0.324 e. The van der Waals surface area contributed by atoms with Crippen molar-refractivity contribution in [2.75, 3.05) is 19.3 Å². The van der Waals surface area contributed by atoms with Gasteiger partial charge in [-0.15, -0.1) is 16.4 Å². The average Bonchev–Trinajstić information content (AvgIpc) is 3.38. The van der Waals surface area contributed by atoms with Crippen LogP contribution in [0.15, 0.2) is 34.1 Å². The molecule has 3 aromatic rings. The van der Waals surface area contributed by atoms with Crippen molar-refractivity contribution in [3.63, 3.8) is 0 Å². The van der Waals surface area contributed by atoms with Gasteiger partial charge in [0.25, 0.3) is 5.78 Å². The summed E-state index contributed by atoms with van der Waals surface area (Å²) < 4.78 is 18.6. The van der Waals surface area contributed by atoms with E-state index >= 15 is 0 Å². The zero-order valence-electron chi connectivity index (χ0n) is 16.7. The summed E-state index contributed by atoms with van der Waals surface area (Å²) in [6.07, 6.45) is 4.56. The Morgan fingerprint density at radius 1 is 1.30 bits per heavy atom. The SMILES string of the molecule is Cc1ccnc2nc(C(=O)N=S(C)(=O)C3CCN(C(=O)Cc4cccs4)CC3)nn12. The number of hydrogen-bond acceptors (Lipinski definition) is 7. The number of aryl methyl sites for hydroxylation is 1. The fourth-order valence-electron chi connectivity index (χ4n) is 3.49. The van der Waals surface area contributed by atoms with E-state index in [9.17, 15) is 13.8 Å². The maximum absolute atomic E-state index is 13.2. The second-order valence-electron chi connectivity index (χ2n) is 7.33. The Kier molecular flexibility index (Phi) is 5.65. The molecule has 0 aliphatic carbocycles. The number of carbonyl (C=O) groups is 2. The molecule has 1 saturated heterocycles. The molecule has 1 aliphatic rings. The number of amides is 2. The Hall–Kier alpha value is -2.66. The van der Waals surface area contributed by atoms with Gasteiger partial charge in [0.05, 0.1) is 16.1 Å². The minimum Gasteiger partial charge on any atom is -0.342 e. The summed E-state index contributed by atoms with van der Waals surface area (Å²) in [5.41, 5.74) is 0.781. The van der Waals surface area contributed by atoms with Gasteiger partial charge >= 0.3 is 5.91 Å². The van der Waals surface area contributed by atoms with Crippen LogP contribution in [0.3, 0.4) is 0 Å². The lowest BCUT2D eigenvalue weighted by molar-refractivity contribution is -0.131. The van der Waals surface area contributed by atoms with Crippen molar-refractivity contribution in [3.05, 3.63) is 46.2 Å². The number of fused-ring (bicyclic) bond motifs is 1. The Morgan fingerprint density at radius 2 is 2.07 bits per heavy atom. The third kappa shape index (κ3) is 4.26. The lowest BCUT2D eigenvalue weighted by Crippen LogP contribution is -2.42. The number of rotatable bonds is 4. The first-order chi connectivity index (χ1) is 14.3. The van der Waals surface area contributed by atoms with Gasteiger partial charge in [0.15, 0.2) is 0 Å². The summed E-state index contributed by atoms with van der Waals surface area (Å²) in [5, 5.41) is 5.83. The molecule has 0 saturated carbocycles. The minimum absolute atomic E-state index is 0.0725. The highest BCUT2D eigenvalue weighted by Gasteiger charge is 2.29. The Bertz CT molecular complexity index is 1200. The van der Waals surface area contributed by atoms with E-state index in [1.165, 1.54) is 10.8 Å². The molecular formula is C19H22N6O3S2. The number of nitrogens with zero attached hydrogens (tertiary/aromatic N) is 6. The van der Waals surface area contributed by atoms with Crippen LogP contribution in [0.5, 0.6) is 0 Å². The fourth-order valence-corrected chi connectivity index (χ4v) is 5.83. The first kappa shape index (κ1) is 20.6. The molecule has 2 amide bonds. The molecule has 3 aromatic heterocycles. The number of thiophene rings is 1. The largest absolute Gasteiger partial charge is 0.342 e. The van der Waals surface area contributed by atoms with Crippen LogP contribution in [0.1, 0.15) is 34.0 Å². The van der Waals surface area contributed by atoms with Crippen LogP contribution >= 0.6 is 11.3 Å². The normalized spacial score (nSPS) is 17.1. The summed E-state index contributed by atoms with van der Waals surface area (Å²) in [5.74, 6) is -0.449. The highest BCUT2D eigenvalue weighted by molar-refractivity contribution is 7.93. The maximum atomic E-state index is 13.2. The van der Waals surface area contributed by atoms with Crippen molar-refractivity contribution in [1.82, 2.24) is 24.5 Å². The van der Waals surface area contributed by atoms with Gasteiger partial charge in [-0.1, -0.05) is 6.07 Å². The number of piperidine rings is 1. The van der Waals surface area contributed by atoms with Crippen molar-refractivity contribution in [2.24, 2.45) is 4.36 Å². The molecule has 4 rings (SSSR count). The van der Waals surface area contributed by atoms with Gasteiger partial charge in [0.1, 0.15) is 0 Å². The van der Waals surface area contributed by atoms with Crippen LogP contribution in [0.2, 0.25) is 0 Å². The lowest BCUT2D eigenvalue weighted by Gasteiger charge is -2.32. The average molecular weight is 447 g/mol. The zero-order valence-corrected chi connectivity index (χ0v) is 18.4. The molecule has 1 aliphatic heterocycles. The zero-order chi connectivity index (χ0) is 21.3. The number of likely N-dealkylation sites (tertiary alicyclic amines) is 1. The maximum Gasteiger partial charge on any atom is 0.324 e. The van der Waals surface area contributed by atoms with Gasteiger partial charge in [-0.05, 0) is 37.3 Å². The van der Waals surface area contributed by atoms with E-state index in [-0.39, 0.29) is 17.0 Å². The van der Waals surface area contributed by atoms with Crippen molar-refractivity contribution in [1.29, 1.82) is 0 Å². The molecule has 0 N–H and O–H groups in total. The number of carbonyl (C=O) groups excluding carboxylic acids is 2. The van der Waals surface area contributed by atoms with Crippen molar-refractivity contribution >= 4 is 38.7 Å². The van der Waals surface area contributed by atoms with Gasteiger partial charge in [-0.2, -0.15) is 9.35 Å². The third-order valence-corrected chi connectivity index (χ3v) is 8.32. The van der Waals surface area contributed by atoms with Gasteiger partial charge in [0, 0.05) is 41.4 Å². The molecule has 0 spiro atoms. The fraction of sp³-hybridized carbons (Fsp3) is 0.421. The van der Waals surface area contributed by atoms with Gasteiger partial charge in [-0.25, -0.2) is 13.7 Å². The topological polar surface area (TPSA) is 110 Å². The predicted molar refractivity (Wildman–Crippen MR) is 114 cm³/mol. The third-order valence-electron chi connectivity index (χ3n) is 5.20. The van der Waals surface area contributed by atoms with Crippen molar-refractivity contribution < 1.29 is 13.8 Å². The molecular weight excluding hydrogens is 424 g/mol. The van der Waals surface area contributed by atoms with E-state index in [0.29, 0.717) is 38.1 Å². The van der Waals surface area contributed by atoms with Crippen molar-refractivity contribution in [3.8, 4) is 0 Å². The van der Waals surface area contributed by atoms with Crippen LogP contribution in [-0.4, -0.2) is 65.1 Å². The first-order valence-electron chi connectivity index (χ1n) is 9.57. The molecule has 1 fully saturated rings. The van der Waals surface area contributed by atoms with Gasteiger partial charge < -0.3 is 4.90 Å². The molecule has 158 valence electrons. The number of hydrogen-bond donors (Lipinski definition) is 0. The summed E-state index contributed by atoms with van der Waals surface area (Å²) in [7, 11) is -2.80. The highest BCUT2D eigenvalue weighted by Crippen LogP contribution is 2.21. The molecule has 0 radical (unpaired) electrons. The molecule has 0 bridgehead atoms. The van der Waals surface area contributed by atoms with E-state index in [1.807, 2.05) is 24.4 Å². The second-order valence-corrected chi connectivity index (χ2v) is 10.9. The van der Waals surface area contributed by atoms with Crippen LogP contribution in [-0.2, 0) is 20.9 Å². The summed E-state index contributed by atoms with van der Waals surface area (Å²) >= 11 is 1.56. The Morgan fingerprint density at radius 3 is 2.73 bits per heavy atom. The Balaban J connectivity index is 1.43. The monoisotopic (exact) mass is 446 g/mol. The standard InChI is InChI=1S/C19H22N6O3S2/c1-13-5-8-20-19-21-17(22-25(13)19)18(27)23-30(2,28)15-6-9-24(10-7-15)16(26)12-14-4-3-11-29-14/h3-5,8,11,15H,6-7,9-10,12H2,1-2H3. The first-order valence-corrected chi connectivity index (χ1v) is 12.4. The van der Waals surface area contributed by atoms with E-state index in [0.717, 1.165) is 10.6 Å². The molecule has 11 heteroatoms. The summed E-state index contributed by atoms with van der Waals surface area (Å²) in [6.45, 7) is 2.85. The summed E-state index contributed by atoms with van der Waals surface area (Å²) in [6, 6.07) is 5.63. The van der Waals surface area contributed by atoms with Crippen LogP contribution in [0.4, 0.5) is 0 Å². The van der Waals surface area contributed by atoms with E-state index in [2.05, 4.69) is 19.4 Å².